The van der Waals surface area contributed by atoms with Gasteiger partial charge < -0.3 is 10.4 Å². The molecule has 0 spiro atoms. The molecule has 2 N–H and O–H groups in total. The molecule has 2 heterocycles. The van der Waals surface area contributed by atoms with Gasteiger partial charge in [0, 0.05) is 24.7 Å². The van der Waals surface area contributed by atoms with E-state index in [0.717, 1.165) is 16.6 Å². The van der Waals surface area contributed by atoms with Crippen LogP contribution in [0.4, 0.5) is 0 Å². The maximum Gasteiger partial charge on any atom is 0.252 e. The third-order valence-corrected chi connectivity index (χ3v) is 4.15. The molecular weight excluding hydrogens is 316 g/mol. The van der Waals surface area contributed by atoms with Crippen LogP contribution in [0.5, 0.6) is 0 Å². The van der Waals surface area contributed by atoms with E-state index in [9.17, 15) is 4.79 Å². The SMILES string of the molecule is CC(CCO)CNC(=O)c1cnc2c(cnn2Cc2ccccc2)c1. The Labute approximate surface area is 146 Å². The third kappa shape index (κ3) is 4.22. The molecule has 0 saturated heterocycles. The van der Waals surface area contributed by atoms with Crippen molar-refractivity contribution in [1.29, 1.82) is 0 Å². The molecule has 2 aromatic heterocycles. The number of aliphatic hydroxyl groups is 1. The Balaban J connectivity index is 1.72. The first-order valence-corrected chi connectivity index (χ1v) is 8.42. The van der Waals surface area contributed by atoms with Crippen LogP contribution in [0.3, 0.4) is 0 Å². The normalized spacial score (nSPS) is 12.2. The number of pyridine rings is 1. The van der Waals surface area contributed by atoms with Crippen LogP contribution in [-0.4, -0.2) is 38.9 Å². The van der Waals surface area contributed by atoms with Gasteiger partial charge in [-0.1, -0.05) is 37.3 Å². The summed E-state index contributed by atoms with van der Waals surface area (Å²) in [5.74, 6) is 0.0780. The molecule has 0 fully saturated rings. The van der Waals surface area contributed by atoms with Crippen molar-refractivity contribution < 1.29 is 9.90 Å². The fourth-order valence-electron chi connectivity index (χ4n) is 2.66. The van der Waals surface area contributed by atoms with Crippen LogP contribution in [0.25, 0.3) is 11.0 Å². The Morgan fingerprint density at radius 3 is 2.84 bits per heavy atom. The summed E-state index contributed by atoms with van der Waals surface area (Å²) in [4.78, 5) is 16.7. The molecule has 1 aromatic carbocycles. The highest BCUT2D eigenvalue weighted by Gasteiger charge is 2.11. The number of carbonyl (C=O) groups is 1. The summed E-state index contributed by atoms with van der Waals surface area (Å²) in [5, 5.41) is 17.0. The Hall–Kier alpha value is -2.73. The summed E-state index contributed by atoms with van der Waals surface area (Å²) in [6.07, 6.45) is 3.98. The van der Waals surface area contributed by atoms with Crippen LogP contribution in [0, 0.1) is 5.92 Å². The third-order valence-electron chi connectivity index (χ3n) is 4.15. The summed E-state index contributed by atoms with van der Waals surface area (Å²) < 4.78 is 1.83. The van der Waals surface area contributed by atoms with E-state index >= 15 is 0 Å². The Kier molecular flexibility index (Phi) is 5.40. The molecule has 1 atom stereocenters. The number of aliphatic hydroxyl groups excluding tert-OH is 1. The van der Waals surface area contributed by atoms with Crippen LogP contribution in [0.15, 0.2) is 48.8 Å². The Morgan fingerprint density at radius 1 is 1.28 bits per heavy atom. The van der Waals surface area contributed by atoms with E-state index in [-0.39, 0.29) is 18.4 Å². The summed E-state index contributed by atoms with van der Waals surface area (Å²) in [6, 6.07) is 11.9. The van der Waals surface area contributed by atoms with Gasteiger partial charge in [0.1, 0.15) is 0 Å². The van der Waals surface area contributed by atoms with Crippen LogP contribution in [-0.2, 0) is 6.54 Å². The fourth-order valence-corrected chi connectivity index (χ4v) is 2.66. The lowest BCUT2D eigenvalue weighted by atomic mass is 10.1. The van der Waals surface area contributed by atoms with Crippen LogP contribution in [0.1, 0.15) is 29.3 Å². The number of benzene rings is 1. The number of nitrogens with zero attached hydrogens (tertiary/aromatic N) is 3. The van der Waals surface area contributed by atoms with Gasteiger partial charge in [0.05, 0.1) is 18.3 Å². The first-order valence-electron chi connectivity index (χ1n) is 8.42. The van der Waals surface area contributed by atoms with Crippen molar-refractivity contribution >= 4 is 16.9 Å². The number of aromatic nitrogens is 3. The van der Waals surface area contributed by atoms with Crippen molar-refractivity contribution in [3.63, 3.8) is 0 Å². The minimum absolute atomic E-state index is 0.130. The molecule has 3 aromatic rings. The number of hydrogen-bond acceptors (Lipinski definition) is 4. The van der Waals surface area contributed by atoms with Crippen molar-refractivity contribution in [3.05, 3.63) is 59.9 Å². The topological polar surface area (TPSA) is 80.0 Å². The Bertz CT molecular complexity index is 845. The van der Waals surface area contributed by atoms with E-state index in [1.165, 1.54) is 0 Å². The van der Waals surface area contributed by atoms with Crippen molar-refractivity contribution in [2.75, 3.05) is 13.2 Å². The van der Waals surface area contributed by atoms with Crippen molar-refractivity contribution in [3.8, 4) is 0 Å². The molecule has 130 valence electrons. The monoisotopic (exact) mass is 338 g/mol. The zero-order chi connectivity index (χ0) is 17.6. The average molecular weight is 338 g/mol. The highest BCUT2D eigenvalue weighted by molar-refractivity contribution is 5.96. The molecule has 6 nitrogen and oxygen atoms in total. The molecule has 0 aliphatic heterocycles. The first kappa shape index (κ1) is 17.1. The number of rotatable bonds is 7. The van der Waals surface area contributed by atoms with Gasteiger partial charge in [-0.05, 0) is 24.0 Å². The zero-order valence-corrected chi connectivity index (χ0v) is 14.2. The molecule has 6 heteroatoms. The lowest BCUT2D eigenvalue weighted by Crippen LogP contribution is -2.28. The van der Waals surface area contributed by atoms with Gasteiger partial charge in [-0.25, -0.2) is 9.67 Å². The van der Waals surface area contributed by atoms with Crippen LogP contribution >= 0.6 is 0 Å². The summed E-state index contributed by atoms with van der Waals surface area (Å²) >= 11 is 0. The van der Waals surface area contributed by atoms with E-state index in [1.807, 2.05) is 48.0 Å². The Morgan fingerprint density at radius 2 is 2.08 bits per heavy atom. The lowest BCUT2D eigenvalue weighted by molar-refractivity contribution is 0.0945. The van der Waals surface area contributed by atoms with Crippen molar-refractivity contribution in [2.24, 2.45) is 5.92 Å². The summed E-state index contributed by atoms with van der Waals surface area (Å²) in [6.45, 7) is 3.29. The molecule has 1 amide bonds. The minimum Gasteiger partial charge on any atom is -0.396 e. The molecule has 0 bridgehead atoms. The van der Waals surface area contributed by atoms with E-state index in [4.69, 9.17) is 5.11 Å². The maximum absolute atomic E-state index is 12.3. The van der Waals surface area contributed by atoms with E-state index < -0.39 is 0 Å². The van der Waals surface area contributed by atoms with Gasteiger partial charge in [0.25, 0.3) is 5.91 Å². The fraction of sp³-hybridized carbons (Fsp3) is 0.316. The highest BCUT2D eigenvalue weighted by Crippen LogP contribution is 2.15. The van der Waals surface area contributed by atoms with E-state index in [1.54, 1.807) is 12.4 Å². The minimum atomic E-state index is -0.157. The average Bonchev–Trinajstić information content (AvgIpc) is 3.03. The van der Waals surface area contributed by atoms with Crippen molar-refractivity contribution in [2.45, 2.75) is 19.9 Å². The standard InChI is InChI=1S/C19H22N4O2/c1-14(7-8-24)10-21-19(25)17-9-16-12-22-23(18(16)20-11-17)13-15-5-3-2-4-6-15/h2-6,9,11-12,14,24H,7-8,10,13H2,1H3,(H,21,25). The molecule has 3 rings (SSSR count). The second kappa shape index (κ2) is 7.90. The molecule has 1 unspecified atom stereocenters. The van der Waals surface area contributed by atoms with Gasteiger partial charge in [0.15, 0.2) is 5.65 Å². The molecule has 0 radical (unpaired) electrons. The maximum atomic E-state index is 12.3. The van der Waals surface area contributed by atoms with E-state index in [2.05, 4.69) is 15.4 Å². The number of fused-ring (bicyclic) bond motifs is 1. The van der Waals surface area contributed by atoms with Gasteiger partial charge in [0.2, 0.25) is 0 Å². The number of hydrogen-bond donors (Lipinski definition) is 2. The number of nitrogens with one attached hydrogen (secondary N) is 1. The first-order chi connectivity index (χ1) is 12.2. The predicted molar refractivity (Wildman–Crippen MR) is 96.3 cm³/mol. The predicted octanol–water partition coefficient (Wildman–Crippen LogP) is 2.23. The van der Waals surface area contributed by atoms with Crippen molar-refractivity contribution in [1.82, 2.24) is 20.1 Å². The van der Waals surface area contributed by atoms with Crippen LogP contribution < -0.4 is 5.32 Å². The smallest absolute Gasteiger partial charge is 0.252 e. The molecular formula is C19H22N4O2. The lowest BCUT2D eigenvalue weighted by Gasteiger charge is -2.11. The number of carbonyl (C=O) groups excluding carboxylic acids is 1. The summed E-state index contributed by atoms with van der Waals surface area (Å²) in [5.41, 5.74) is 2.42. The van der Waals surface area contributed by atoms with Gasteiger partial charge in [-0.3, -0.25) is 4.79 Å². The van der Waals surface area contributed by atoms with Gasteiger partial charge in [-0.2, -0.15) is 5.10 Å². The molecule has 0 aliphatic rings. The quantitative estimate of drug-likeness (QED) is 0.692. The summed E-state index contributed by atoms with van der Waals surface area (Å²) in [7, 11) is 0. The van der Waals surface area contributed by atoms with Gasteiger partial charge in [-0.15, -0.1) is 0 Å². The molecule has 25 heavy (non-hydrogen) atoms. The molecule has 0 saturated carbocycles. The second-order valence-electron chi connectivity index (χ2n) is 6.25. The number of amides is 1. The second-order valence-corrected chi connectivity index (χ2v) is 6.25. The largest absolute Gasteiger partial charge is 0.396 e. The van der Waals surface area contributed by atoms with Crippen LogP contribution in [0.2, 0.25) is 0 Å². The molecule has 0 aliphatic carbocycles. The van der Waals surface area contributed by atoms with E-state index in [0.29, 0.717) is 25.1 Å². The zero-order valence-electron chi connectivity index (χ0n) is 14.2. The highest BCUT2D eigenvalue weighted by atomic mass is 16.3. The van der Waals surface area contributed by atoms with Gasteiger partial charge >= 0.3 is 0 Å².